The number of amides is 2. The number of aryl methyl sites for hydroxylation is 2. The number of benzene rings is 2. The fourth-order valence-corrected chi connectivity index (χ4v) is 2.86. The molecule has 4 nitrogen and oxygen atoms in total. The third-order valence-corrected chi connectivity index (χ3v) is 4.13. The minimum Gasteiger partial charge on any atom is -0.393 e. The lowest BCUT2D eigenvalue weighted by Crippen LogP contribution is -2.33. The number of para-hydroxylation sites is 1. The van der Waals surface area contributed by atoms with Gasteiger partial charge in [0.2, 0.25) is 0 Å². The van der Waals surface area contributed by atoms with Gasteiger partial charge in [0, 0.05) is 18.2 Å². The van der Waals surface area contributed by atoms with E-state index in [0.717, 1.165) is 22.4 Å². The third-order valence-electron chi connectivity index (χ3n) is 4.13. The Labute approximate surface area is 143 Å². The molecule has 0 radical (unpaired) electrons. The number of hydrogen-bond acceptors (Lipinski definition) is 2. The number of nitrogens with one attached hydrogen (secondary N) is 2. The summed E-state index contributed by atoms with van der Waals surface area (Å²) < 4.78 is 0. The highest BCUT2D eigenvalue weighted by molar-refractivity contribution is 5.91. The second-order valence-electron chi connectivity index (χ2n) is 6.29. The Kier molecular flexibility index (Phi) is 6.38. The molecule has 0 bridgehead atoms. The van der Waals surface area contributed by atoms with E-state index in [2.05, 4.69) is 10.6 Å². The Balaban J connectivity index is 2.00. The highest BCUT2D eigenvalue weighted by Gasteiger charge is 2.16. The van der Waals surface area contributed by atoms with Crippen LogP contribution in [0, 0.1) is 13.8 Å². The first-order valence-electron chi connectivity index (χ1n) is 8.31. The molecule has 0 fully saturated rings. The molecule has 2 aromatic rings. The average molecular weight is 326 g/mol. The Morgan fingerprint density at radius 3 is 2.25 bits per heavy atom. The second kappa shape index (κ2) is 8.50. The fourth-order valence-electron chi connectivity index (χ4n) is 2.86. The molecule has 0 heterocycles. The van der Waals surface area contributed by atoms with Crippen molar-refractivity contribution >= 4 is 11.7 Å². The lowest BCUT2D eigenvalue weighted by molar-refractivity contribution is 0.173. The Hall–Kier alpha value is -2.33. The molecule has 0 aromatic heterocycles. The quantitative estimate of drug-likeness (QED) is 0.752. The van der Waals surface area contributed by atoms with Crippen molar-refractivity contribution in [3.63, 3.8) is 0 Å². The topological polar surface area (TPSA) is 61.4 Å². The summed E-state index contributed by atoms with van der Waals surface area (Å²) in [7, 11) is 0. The number of hydrogen-bond donors (Lipinski definition) is 3. The van der Waals surface area contributed by atoms with E-state index in [1.165, 1.54) is 0 Å². The summed E-state index contributed by atoms with van der Waals surface area (Å²) in [6.07, 6.45) is 0.187. The molecule has 3 N–H and O–H groups in total. The summed E-state index contributed by atoms with van der Waals surface area (Å²) in [5.41, 5.74) is 4.04. The van der Waals surface area contributed by atoms with E-state index in [0.29, 0.717) is 13.0 Å². The van der Waals surface area contributed by atoms with Crippen molar-refractivity contribution in [1.29, 1.82) is 0 Å². The molecule has 4 heteroatoms. The van der Waals surface area contributed by atoms with E-state index in [4.69, 9.17) is 0 Å². The first kappa shape index (κ1) is 18.0. The van der Waals surface area contributed by atoms with Crippen LogP contribution in [0.2, 0.25) is 0 Å². The van der Waals surface area contributed by atoms with E-state index in [9.17, 15) is 9.90 Å². The van der Waals surface area contributed by atoms with Gasteiger partial charge >= 0.3 is 6.03 Å². The number of anilines is 1. The highest BCUT2D eigenvalue weighted by atomic mass is 16.3. The zero-order chi connectivity index (χ0) is 17.5. The monoisotopic (exact) mass is 326 g/mol. The van der Waals surface area contributed by atoms with E-state index in [1.54, 1.807) is 6.92 Å². The van der Waals surface area contributed by atoms with Crippen LogP contribution in [0.15, 0.2) is 48.5 Å². The van der Waals surface area contributed by atoms with E-state index >= 15 is 0 Å². The lowest BCUT2D eigenvalue weighted by Gasteiger charge is -2.20. The van der Waals surface area contributed by atoms with Gasteiger partial charge in [0.25, 0.3) is 0 Å². The number of aliphatic hydroxyl groups excluding tert-OH is 1. The first-order chi connectivity index (χ1) is 11.5. The van der Waals surface area contributed by atoms with Gasteiger partial charge in [-0.2, -0.15) is 0 Å². The standard InChI is InChI=1S/C20H26N2O2/c1-14-8-7-9-15(2)19(14)22-20(24)21-13-18(12-16(3)23)17-10-5-4-6-11-17/h4-11,16,18,23H,12-13H2,1-3H3,(H2,21,22,24). The van der Waals surface area contributed by atoms with Gasteiger partial charge in [-0.05, 0) is 43.9 Å². The van der Waals surface area contributed by atoms with Gasteiger partial charge in [0.05, 0.1) is 6.10 Å². The summed E-state index contributed by atoms with van der Waals surface area (Å²) >= 11 is 0. The molecule has 0 aliphatic rings. The van der Waals surface area contributed by atoms with Gasteiger partial charge in [-0.3, -0.25) is 0 Å². The Morgan fingerprint density at radius 1 is 1.04 bits per heavy atom. The number of aliphatic hydroxyl groups is 1. The maximum Gasteiger partial charge on any atom is 0.319 e. The van der Waals surface area contributed by atoms with Crippen LogP contribution in [0.25, 0.3) is 0 Å². The first-order valence-corrected chi connectivity index (χ1v) is 8.31. The Morgan fingerprint density at radius 2 is 1.67 bits per heavy atom. The van der Waals surface area contributed by atoms with Crippen molar-refractivity contribution in [2.45, 2.75) is 39.2 Å². The molecule has 2 rings (SSSR count). The van der Waals surface area contributed by atoms with E-state index in [-0.39, 0.29) is 11.9 Å². The molecule has 0 saturated heterocycles. The molecule has 24 heavy (non-hydrogen) atoms. The summed E-state index contributed by atoms with van der Waals surface area (Å²) in [6, 6.07) is 15.7. The molecule has 0 saturated carbocycles. The smallest absolute Gasteiger partial charge is 0.319 e. The second-order valence-corrected chi connectivity index (χ2v) is 6.29. The van der Waals surface area contributed by atoms with Gasteiger partial charge in [-0.15, -0.1) is 0 Å². The average Bonchev–Trinajstić information content (AvgIpc) is 2.55. The van der Waals surface area contributed by atoms with Crippen LogP contribution in [-0.4, -0.2) is 23.8 Å². The largest absolute Gasteiger partial charge is 0.393 e. The van der Waals surface area contributed by atoms with Crippen LogP contribution < -0.4 is 10.6 Å². The fraction of sp³-hybridized carbons (Fsp3) is 0.350. The van der Waals surface area contributed by atoms with E-state index in [1.807, 2.05) is 62.4 Å². The van der Waals surface area contributed by atoms with Crippen LogP contribution in [0.5, 0.6) is 0 Å². The van der Waals surface area contributed by atoms with Crippen LogP contribution in [-0.2, 0) is 0 Å². The molecular weight excluding hydrogens is 300 g/mol. The zero-order valence-electron chi connectivity index (χ0n) is 14.5. The zero-order valence-corrected chi connectivity index (χ0v) is 14.5. The van der Waals surface area contributed by atoms with Crippen molar-refractivity contribution in [2.75, 3.05) is 11.9 Å². The summed E-state index contributed by atoms with van der Waals surface area (Å²) in [5.74, 6) is 0.0786. The van der Waals surface area contributed by atoms with Crippen LogP contribution in [0.4, 0.5) is 10.5 Å². The van der Waals surface area contributed by atoms with Gasteiger partial charge in [-0.25, -0.2) is 4.79 Å². The molecule has 0 aliphatic heterocycles. The number of carbonyl (C=O) groups is 1. The van der Waals surface area contributed by atoms with Gasteiger partial charge < -0.3 is 15.7 Å². The Bertz CT molecular complexity index is 648. The highest BCUT2D eigenvalue weighted by Crippen LogP contribution is 2.21. The number of carbonyl (C=O) groups excluding carboxylic acids is 1. The molecule has 0 spiro atoms. The van der Waals surface area contributed by atoms with Gasteiger partial charge in [0.1, 0.15) is 0 Å². The predicted octanol–water partition coefficient (Wildman–Crippen LogP) is 3.98. The van der Waals surface area contributed by atoms with Crippen molar-refractivity contribution in [2.24, 2.45) is 0 Å². The summed E-state index contributed by atoms with van der Waals surface area (Å²) in [5, 5.41) is 15.6. The molecule has 2 unspecified atom stereocenters. The number of rotatable bonds is 6. The molecule has 2 aromatic carbocycles. The van der Waals surface area contributed by atoms with Crippen molar-refractivity contribution in [3.8, 4) is 0 Å². The van der Waals surface area contributed by atoms with Crippen molar-refractivity contribution in [3.05, 3.63) is 65.2 Å². The van der Waals surface area contributed by atoms with Gasteiger partial charge in [0.15, 0.2) is 0 Å². The minimum atomic E-state index is -0.418. The predicted molar refractivity (Wildman–Crippen MR) is 98.4 cm³/mol. The minimum absolute atomic E-state index is 0.0786. The third kappa shape index (κ3) is 5.10. The van der Waals surface area contributed by atoms with Crippen LogP contribution in [0.1, 0.15) is 36.0 Å². The molecule has 2 atom stereocenters. The molecule has 128 valence electrons. The lowest BCUT2D eigenvalue weighted by atomic mass is 9.93. The van der Waals surface area contributed by atoms with Crippen LogP contribution in [0.3, 0.4) is 0 Å². The normalized spacial score (nSPS) is 13.2. The maximum absolute atomic E-state index is 12.3. The molecule has 2 amide bonds. The summed E-state index contributed by atoms with van der Waals surface area (Å²) in [6.45, 7) is 6.20. The van der Waals surface area contributed by atoms with E-state index < -0.39 is 6.10 Å². The summed E-state index contributed by atoms with van der Waals surface area (Å²) in [4.78, 5) is 12.3. The maximum atomic E-state index is 12.3. The van der Waals surface area contributed by atoms with Crippen LogP contribution >= 0.6 is 0 Å². The van der Waals surface area contributed by atoms with Crippen molar-refractivity contribution in [1.82, 2.24) is 5.32 Å². The van der Waals surface area contributed by atoms with Crippen molar-refractivity contribution < 1.29 is 9.90 Å². The SMILES string of the molecule is Cc1cccc(C)c1NC(=O)NCC(CC(C)O)c1ccccc1. The molecule has 0 aliphatic carbocycles. The molecular formula is C20H26N2O2. The number of urea groups is 1. The van der Waals surface area contributed by atoms with Gasteiger partial charge in [-0.1, -0.05) is 48.5 Å².